The molecule has 0 atom stereocenters. The molecule has 0 saturated carbocycles. The first-order valence-electron chi connectivity index (χ1n) is 10.6. The van der Waals surface area contributed by atoms with Gasteiger partial charge in [0.1, 0.15) is 5.82 Å². The SMILES string of the molecule is NCc1cc2c(C(N)=O)cccc2n1-c1nc(NCc2ccccc2)c2c(n1)OCCC2. The molecule has 0 aliphatic carbocycles. The van der Waals surface area contributed by atoms with E-state index in [2.05, 4.69) is 17.4 Å². The zero-order chi connectivity index (χ0) is 22.1. The Labute approximate surface area is 185 Å². The topological polar surface area (TPSA) is 121 Å². The lowest BCUT2D eigenvalue weighted by atomic mass is 10.1. The Bertz CT molecular complexity index is 1300. The van der Waals surface area contributed by atoms with Gasteiger partial charge in [-0.25, -0.2) is 0 Å². The number of nitrogens with one attached hydrogen (secondary N) is 1. The Kier molecular flexibility index (Phi) is 5.20. The monoisotopic (exact) mass is 428 g/mol. The molecule has 3 heterocycles. The van der Waals surface area contributed by atoms with Crippen molar-refractivity contribution in [2.45, 2.75) is 25.9 Å². The molecule has 0 bridgehead atoms. The number of hydrogen-bond donors (Lipinski definition) is 3. The molecule has 2 aromatic heterocycles. The van der Waals surface area contributed by atoms with Crippen LogP contribution in [0.1, 0.15) is 33.6 Å². The van der Waals surface area contributed by atoms with Gasteiger partial charge >= 0.3 is 0 Å². The second kappa shape index (κ2) is 8.32. The van der Waals surface area contributed by atoms with E-state index in [0.717, 1.165) is 46.4 Å². The van der Waals surface area contributed by atoms with Gasteiger partial charge in [0.05, 0.1) is 17.7 Å². The van der Waals surface area contributed by atoms with Crippen LogP contribution in [0.3, 0.4) is 0 Å². The van der Waals surface area contributed by atoms with Gasteiger partial charge in [0.25, 0.3) is 0 Å². The van der Waals surface area contributed by atoms with Crippen molar-refractivity contribution in [1.82, 2.24) is 14.5 Å². The predicted molar refractivity (Wildman–Crippen MR) is 123 cm³/mol. The maximum atomic E-state index is 11.9. The second-order valence-electron chi connectivity index (χ2n) is 7.72. The highest BCUT2D eigenvalue weighted by atomic mass is 16.5. The van der Waals surface area contributed by atoms with Crippen LogP contribution in [0.4, 0.5) is 5.82 Å². The van der Waals surface area contributed by atoms with Crippen molar-refractivity contribution in [2.24, 2.45) is 11.5 Å². The Balaban J connectivity index is 1.64. The van der Waals surface area contributed by atoms with E-state index >= 15 is 0 Å². The summed E-state index contributed by atoms with van der Waals surface area (Å²) < 4.78 is 7.76. The number of amides is 1. The highest BCUT2D eigenvalue weighted by molar-refractivity contribution is 6.06. The average molecular weight is 428 g/mol. The maximum Gasteiger partial charge on any atom is 0.249 e. The normalized spacial score (nSPS) is 12.9. The highest BCUT2D eigenvalue weighted by Crippen LogP contribution is 2.32. The van der Waals surface area contributed by atoms with Crippen LogP contribution in [0, 0.1) is 0 Å². The van der Waals surface area contributed by atoms with Gasteiger partial charge in [0, 0.05) is 29.7 Å². The lowest BCUT2D eigenvalue weighted by molar-refractivity contribution is 0.100. The van der Waals surface area contributed by atoms with Crippen LogP contribution in [0.5, 0.6) is 5.88 Å². The molecule has 0 radical (unpaired) electrons. The molecule has 1 aliphatic heterocycles. The third kappa shape index (κ3) is 3.54. The average Bonchev–Trinajstić information content (AvgIpc) is 3.21. The summed E-state index contributed by atoms with van der Waals surface area (Å²) >= 11 is 0. The van der Waals surface area contributed by atoms with Crippen molar-refractivity contribution in [3.63, 3.8) is 0 Å². The van der Waals surface area contributed by atoms with E-state index in [1.54, 1.807) is 12.1 Å². The molecule has 8 nitrogen and oxygen atoms in total. The minimum absolute atomic E-state index is 0.251. The van der Waals surface area contributed by atoms with Crippen molar-refractivity contribution in [3.8, 4) is 11.8 Å². The van der Waals surface area contributed by atoms with E-state index in [1.807, 2.05) is 34.9 Å². The standard InChI is InChI=1S/C24H24N6O2/c25-13-16-12-19-17(21(26)31)8-4-10-20(19)30(16)24-28-22(18-9-5-11-32-23(18)29-24)27-14-15-6-2-1-3-7-15/h1-4,6-8,10,12H,5,9,11,13-14,25H2,(H2,26,31)(H,27,28,29). The van der Waals surface area contributed by atoms with Gasteiger partial charge in [-0.15, -0.1) is 0 Å². The third-order valence-corrected chi connectivity index (χ3v) is 5.67. The fourth-order valence-electron chi connectivity index (χ4n) is 4.13. The number of fused-ring (bicyclic) bond motifs is 2. The lowest BCUT2D eigenvalue weighted by Crippen LogP contribution is -2.18. The van der Waals surface area contributed by atoms with E-state index in [-0.39, 0.29) is 6.54 Å². The number of nitrogens with zero attached hydrogens (tertiary/aromatic N) is 3. The fourth-order valence-corrected chi connectivity index (χ4v) is 4.13. The number of anilines is 1. The van der Waals surface area contributed by atoms with Crippen molar-refractivity contribution in [3.05, 3.63) is 77.0 Å². The summed E-state index contributed by atoms with van der Waals surface area (Å²) in [6.45, 7) is 1.50. The number of carbonyl (C=O) groups excluding carboxylic acids is 1. The maximum absolute atomic E-state index is 11.9. The third-order valence-electron chi connectivity index (χ3n) is 5.67. The Morgan fingerprint density at radius 1 is 1.12 bits per heavy atom. The minimum Gasteiger partial charge on any atom is -0.477 e. The fraction of sp³-hybridized carbons (Fsp3) is 0.208. The number of carbonyl (C=O) groups is 1. The number of aromatic nitrogens is 3. The van der Waals surface area contributed by atoms with E-state index in [0.29, 0.717) is 30.5 Å². The second-order valence-corrected chi connectivity index (χ2v) is 7.72. The van der Waals surface area contributed by atoms with Crippen LogP contribution < -0.4 is 21.5 Å². The minimum atomic E-state index is -0.490. The van der Waals surface area contributed by atoms with Gasteiger partial charge < -0.3 is 21.5 Å². The van der Waals surface area contributed by atoms with Crippen molar-refractivity contribution >= 4 is 22.6 Å². The molecule has 5 rings (SSSR count). The molecule has 0 unspecified atom stereocenters. The molecule has 8 heteroatoms. The van der Waals surface area contributed by atoms with Gasteiger partial charge in [-0.2, -0.15) is 9.97 Å². The largest absolute Gasteiger partial charge is 0.477 e. The zero-order valence-electron chi connectivity index (χ0n) is 17.5. The first-order chi connectivity index (χ1) is 15.7. The summed E-state index contributed by atoms with van der Waals surface area (Å²) in [7, 11) is 0. The van der Waals surface area contributed by atoms with E-state index in [9.17, 15) is 4.79 Å². The molecule has 0 saturated heterocycles. The molecule has 4 aromatic rings. The van der Waals surface area contributed by atoms with Crippen LogP contribution in [-0.2, 0) is 19.5 Å². The van der Waals surface area contributed by atoms with Crippen molar-refractivity contribution in [1.29, 1.82) is 0 Å². The van der Waals surface area contributed by atoms with E-state index in [1.165, 1.54) is 0 Å². The number of primary amides is 1. The van der Waals surface area contributed by atoms with Crippen LogP contribution in [0.25, 0.3) is 16.9 Å². The Morgan fingerprint density at radius 2 is 1.97 bits per heavy atom. The van der Waals surface area contributed by atoms with Crippen LogP contribution in [-0.4, -0.2) is 27.0 Å². The summed E-state index contributed by atoms with van der Waals surface area (Å²) in [5, 5.41) is 4.18. The number of benzene rings is 2. The van der Waals surface area contributed by atoms with Crippen LogP contribution in [0.2, 0.25) is 0 Å². The first kappa shape index (κ1) is 20.0. The quantitative estimate of drug-likeness (QED) is 0.434. The summed E-state index contributed by atoms with van der Waals surface area (Å²) in [5.74, 6) is 1.27. The molecule has 0 spiro atoms. The number of rotatable bonds is 6. The van der Waals surface area contributed by atoms with Gasteiger partial charge in [0.15, 0.2) is 0 Å². The molecule has 0 fully saturated rings. The molecule has 5 N–H and O–H groups in total. The Hall–Kier alpha value is -3.91. The van der Waals surface area contributed by atoms with Gasteiger partial charge in [-0.1, -0.05) is 36.4 Å². The van der Waals surface area contributed by atoms with Crippen LogP contribution in [0.15, 0.2) is 54.6 Å². The summed E-state index contributed by atoms with van der Waals surface area (Å²) in [4.78, 5) is 21.5. The van der Waals surface area contributed by atoms with Gasteiger partial charge in [0.2, 0.25) is 17.7 Å². The molecule has 2 aromatic carbocycles. The summed E-state index contributed by atoms with van der Waals surface area (Å²) in [6.07, 6.45) is 1.76. The van der Waals surface area contributed by atoms with E-state index < -0.39 is 5.91 Å². The zero-order valence-corrected chi connectivity index (χ0v) is 17.5. The summed E-state index contributed by atoms with van der Waals surface area (Å²) in [5.41, 5.74) is 15.7. The highest BCUT2D eigenvalue weighted by Gasteiger charge is 2.22. The van der Waals surface area contributed by atoms with Gasteiger partial charge in [-0.05, 0) is 36.6 Å². The molecule has 1 amide bonds. The van der Waals surface area contributed by atoms with Crippen molar-refractivity contribution < 1.29 is 9.53 Å². The number of hydrogen-bond acceptors (Lipinski definition) is 6. The first-order valence-corrected chi connectivity index (χ1v) is 10.6. The number of nitrogens with two attached hydrogens (primary N) is 2. The van der Waals surface area contributed by atoms with E-state index in [4.69, 9.17) is 26.2 Å². The molecule has 32 heavy (non-hydrogen) atoms. The smallest absolute Gasteiger partial charge is 0.249 e. The van der Waals surface area contributed by atoms with Gasteiger partial charge in [-0.3, -0.25) is 9.36 Å². The Morgan fingerprint density at radius 3 is 2.75 bits per heavy atom. The number of ether oxygens (including phenoxy) is 1. The van der Waals surface area contributed by atoms with Crippen LogP contribution >= 0.6 is 0 Å². The molecule has 1 aliphatic rings. The summed E-state index contributed by atoms with van der Waals surface area (Å²) in [6, 6.07) is 17.4. The molecular weight excluding hydrogens is 404 g/mol. The lowest BCUT2D eigenvalue weighted by Gasteiger charge is -2.21. The van der Waals surface area contributed by atoms with Crippen molar-refractivity contribution in [2.75, 3.05) is 11.9 Å². The molecular formula is C24H24N6O2. The predicted octanol–water partition coefficient (Wildman–Crippen LogP) is 2.92. The molecule has 162 valence electrons.